The molecule has 0 saturated carbocycles. The van der Waals surface area contributed by atoms with Crippen molar-refractivity contribution >= 4 is 23.6 Å². The van der Waals surface area contributed by atoms with Crippen molar-refractivity contribution in [1.29, 1.82) is 0 Å². The van der Waals surface area contributed by atoms with Crippen LogP contribution in [0.1, 0.15) is 19.8 Å². The zero-order valence-electron chi connectivity index (χ0n) is 11.0. The number of carbonyl (C=O) groups excluding carboxylic acids is 4. The van der Waals surface area contributed by atoms with E-state index in [2.05, 4.69) is 11.9 Å². The lowest BCUT2D eigenvalue weighted by atomic mass is 10.0. The second-order valence-corrected chi connectivity index (χ2v) is 4.58. The van der Waals surface area contributed by atoms with Crippen molar-refractivity contribution in [1.82, 2.24) is 10.2 Å². The van der Waals surface area contributed by atoms with Crippen LogP contribution in [0.2, 0.25) is 0 Å². The molecule has 6 nitrogen and oxygen atoms in total. The Hall–Kier alpha value is -2.50. The fourth-order valence-electron chi connectivity index (χ4n) is 2.25. The number of nitrogens with one attached hydrogen (secondary N) is 1. The molecule has 2 aliphatic rings. The maximum Gasteiger partial charge on any atom is 0.261 e. The van der Waals surface area contributed by atoms with E-state index in [1.807, 2.05) is 0 Å². The SMILES string of the molecule is C=C/C=C\C1=C(C)C(=O)N(C2CCC(=O)NC2=O)C1=O. The zero-order chi connectivity index (χ0) is 14.9. The van der Waals surface area contributed by atoms with Crippen LogP contribution >= 0.6 is 0 Å². The first-order valence-corrected chi connectivity index (χ1v) is 6.19. The van der Waals surface area contributed by atoms with Crippen LogP contribution in [0.3, 0.4) is 0 Å². The van der Waals surface area contributed by atoms with Crippen molar-refractivity contribution in [2.24, 2.45) is 0 Å². The minimum absolute atomic E-state index is 0.115. The molecule has 0 aromatic rings. The van der Waals surface area contributed by atoms with Gasteiger partial charge in [-0.2, -0.15) is 0 Å². The highest BCUT2D eigenvalue weighted by Gasteiger charge is 2.43. The Balaban J connectivity index is 2.28. The Labute approximate surface area is 115 Å². The Morgan fingerprint density at radius 2 is 1.95 bits per heavy atom. The first-order chi connectivity index (χ1) is 9.47. The zero-order valence-corrected chi connectivity index (χ0v) is 11.0. The first kappa shape index (κ1) is 13.9. The van der Waals surface area contributed by atoms with Gasteiger partial charge in [-0.3, -0.25) is 29.4 Å². The quantitative estimate of drug-likeness (QED) is 0.589. The van der Waals surface area contributed by atoms with E-state index in [4.69, 9.17) is 0 Å². The molecule has 6 heteroatoms. The van der Waals surface area contributed by atoms with Gasteiger partial charge in [-0.1, -0.05) is 18.7 Å². The number of piperidine rings is 1. The summed E-state index contributed by atoms with van der Waals surface area (Å²) < 4.78 is 0. The number of carbonyl (C=O) groups is 4. The van der Waals surface area contributed by atoms with Gasteiger partial charge in [0.15, 0.2) is 0 Å². The van der Waals surface area contributed by atoms with Gasteiger partial charge in [-0.05, 0) is 19.4 Å². The Bertz CT molecular complexity index is 586. The van der Waals surface area contributed by atoms with Crippen molar-refractivity contribution in [3.05, 3.63) is 36.0 Å². The van der Waals surface area contributed by atoms with Crippen molar-refractivity contribution in [2.75, 3.05) is 0 Å². The number of imide groups is 2. The molecule has 2 aliphatic heterocycles. The summed E-state index contributed by atoms with van der Waals surface area (Å²) in [5.74, 6) is -2.00. The highest BCUT2D eigenvalue weighted by atomic mass is 16.2. The first-order valence-electron chi connectivity index (χ1n) is 6.19. The molecule has 4 amide bonds. The third-order valence-corrected chi connectivity index (χ3v) is 3.31. The van der Waals surface area contributed by atoms with Crippen LogP contribution in [0.5, 0.6) is 0 Å². The largest absolute Gasteiger partial charge is 0.295 e. The smallest absolute Gasteiger partial charge is 0.261 e. The molecule has 104 valence electrons. The highest BCUT2D eigenvalue weighted by molar-refractivity contribution is 6.22. The lowest BCUT2D eigenvalue weighted by Crippen LogP contribution is -2.54. The van der Waals surface area contributed by atoms with E-state index >= 15 is 0 Å². The second-order valence-electron chi connectivity index (χ2n) is 4.58. The maximum atomic E-state index is 12.3. The molecule has 0 bridgehead atoms. The van der Waals surface area contributed by atoms with Crippen LogP contribution in [0.15, 0.2) is 36.0 Å². The van der Waals surface area contributed by atoms with E-state index in [0.717, 1.165) is 4.90 Å². The van der Waals surface area contributed by atoms with Gasteiger partial charge in [0.2, 0.25) is 11.8 Å². The molecular weight excluding hydrogens is 260 g/mol. The van der Waals surface area contributed by atoms with E-state index in [9.17, 15) is 19.2 Å². The van der Waals surface area contributed by atoms with Gasteiger partial charge in [0.25, 0.3) is 11.8 Å². The molecule has 2 rings (SSSR count). The second kappa shape index (κ2) is 5.24. The number of rotatable bonds is 3. The van der Waals surface area contributed by atoms with Crippen molar-refractivity contribution in [3.63, 3.8) is 0 Å². The molecular formula is C14H14N2O4. The number of hydrogen-bond acceptors (Lipinski definition) is 4. The third kappa shape index (κ3) is 2.20. The molecule has 2 heterocycles. The van der Waals surface area contributed by atoms with Crippen molar-refractivity contribution in [2.45, 2.75) is 25.8 Å². The summed E-state index contributed by atoms with van der Waals surface area (Å²) >= 11 is 0. The lowest BCUT2D eigenvalue weighted by Gasteiger charge is -2.28. The van der Waals surface area contributed by atoms with Gasteiger partial charge in [0.1, 0.15) is 6.04 Å². The van der Waals surface area contributed by atoms with Crippen LogP contribution < -0.4 is 5.32 Å². The van der Waals surface area contributed by atoms with E-state index in [1.54, 1.807) is 6.08 Å². The van der Waals surface area contributed by atoms with Gasteiger partial charge < -0.3 is 0 Å². The molecule has 0 aliphatic carbocycles. The summed E-state index contributed by atoms with van der Waals surface area (Å²) in [4.78, 5) is 48.2. The Morgan fingerprint density at radius 3 is 2.55 bits per heavy atom. The maximum absolute atomic E-state index is 12.3. The van der Waals surface area contributed by atoms with Crippen LogP contribution in [-0.2, 0) is 19.2 Å². The molecule has 0 spiro atoms. The van der Waals surface area contributed by atoms with Gasteiger partial charge in [-0.15, -0.1) is 0 Å². The number of hydrogen-bond donors (Lipinski definition) is 1. The van der Waals surface area contributed by atoms with E-state index < -0.39 is 23.8 Å². The lowest BCUT2D eigenvalue weighted by molar-refractivity contribution is -0.150. The van der Waals surface area contributed by atoms with Gasteiger partial charge in [0.05, 0.1) is 0 Å². The van der Waals surface area contributed by atoms with Gasteiger partial charge >= 0.3 is 0 Å². The molecule has 0 aromatic carbocycles. The monoisotopic (exact) mass is 274 g/mol. The number of allylic oxidation sites excluding steroid dienone is 2. The van der Waals surface area contributed by atoms with Gasteiger partial charge in [-0.25, -0.2) is 0 Å². The number of nitrogens with zero attached hydrogens (tertiary/aromatic N) is 1. The fraction of sp³-hybridized carbons (Fsp3) is 0.286. The minimum atomic E-state index is -0.919. The van der Waals surface area contributed by atoms with Gasteiger partial charge in [0, 0.05) is 17.6 Å². The molecule has 0 radical (unpaired) electrons. The topological polar surface area (TPSA) is 83.6 Å². The van der Waals surface area contributed by atoms with E-state index in [1.165, 1.54) is 19.1 Å². The summed E-state index contributed by atoms with van der Waals surface area (Å²) in [6.45, 7) is 5.04. The molecule has 1 N–H and O–H groups in total. The van der Waals surface area contributed by atoms with Crippen LogP contribution in [0.4, 0.5) is 0 Å². The molecule has 1 atom stereocenters. The normalized spacial score (nSPS) is 23.9. The van der Waals surface area contributed by atoms with E-state index in [-0.39, 0.29) is 29.9 Å². The fourth-order valence-corrected chi connectivity index (χ4v) is 2.25. The minimum Gasteiger partial charge on any atom is -0.295 e. The molecule has 0 aromatic heterocycles. The van der Waals surface area contributed by atoms with Crippen LogP contribution in [-0.4, -0.2) is 34.6 Å². The summed E-state index contributed by atoms with van der Waals surface area (Å²) in [6.07, 6.45) is 4.82. The standard InChI is InChI=1S/C14H14N2O4/c1-3-4-5-9-8(2)13(19)16(14(9)20)10-6-7-11(17)15-12(10)18/h3-5,10H,1,6-7H2,2H3,(H,15,17,18)/b5-4-. The summed E-state index contributed by atoms with van der Waals surface area (Å²) in [5, 5.41) is 2.14. The number of amides is 4. The predicted molar refractivity (Wildman–Crippen MR) is 70.1 cm³/mol. The van der Waals surface area contributed by atoms with Crippen molar-refractivity contribution in [3.8, 4) is 0 Å². The molecule has 20 heavy (non-hydrogen) atoms. The predicted octanol–water partition coefficient (Wildman–Crippen LogP) is 0.219. The highest BCUT2D eigenvalue weighted by Crippen LogP contribution is 2.26. The van der Waals surface area contributed by atoms with Crippen LogP contribution in [0, 0.1) is 0 Å². The Morgan fingerprint density at radius 1 is 1.25 bits per heavy atom. The average Bonchev–Trinajstić information content (AvgIpc) is 2.60. The van der Waals surface area contributed by atoms with Crippen molar-refractivity contribution < 1.29 is 19.2 Å². The third-order valence-electron chi connectivity index (χ3n) is 3.31. The van der Waals surface area contributed by atoms with E-state index in [0.29, 0.717) is 0 Å². The van der Waals surface area contributed by atoms with Crippen LogP contribution in [0.25, 0.3) is 0 Å². The summed E-state index contributed by atoms with van der Waals surface area (Å²) in [6, 6.07) is -0.919. The molecule has 1 unspecified atom stereocenters. The summed E-state index contributed by atoms with van der Waals surface area (Å²) in [5.41, 5.74) is 0.539. The average molecular weight is 274 g/mol. The molecule has 1 saturated heterocycles. The summed E-state index contributed by atoms with van der Waals surface area (Å²) in [7, 11) is 0. The molecule has 1 fully saturated rings. The Kier molecular flexibility index (Phi) is 3.65.